The highest BCUT2D eigenvalue weighted by Crippen LogP contribution is 2.30. The molecular weight excluding hydrogens is 240 g/mol. The van der Waals surface area contributed by atoms with Gasteiger partial charge in [-0.25, -0.2) is 0 Å². The molecule has 0 fully saturated rings. The van der Waals surface area contributed by atoms with Gasteiger partial charge in [0.15, 0.2) is 0 Å². The summed E-state index contributed by atoms with van der Waals surface area (Å²) in [5.74, 6) is 0. The van der Waals surface area contributed by atoms with Crippen molar-refractivity contribution >= 4 is 16.6 Å². The molecule has 0 atom stereocenters. The Bertz CT molecular complexity index is 383. The molecule has 17 heavy (non-hydrogen) atoms. The van der Waals surface area contributed by atoms with Gasteiger partial charge in [0.05, 0.1) is 0 Å². The van der Waals surface area contributed by atoms with E-state index < -0.39 is 16.6 Å². The lowest BCUT2D eigenvalue weighted by Crippen LogP contribution is -2.47. The van der Waals surface area contributed by atoms with Gasteiger partial charge in [-0.3, -0.25) is 0 Å². The van der Waals surface area contributed by atoms with Crippen molar-refractivity contribution in [3.63, 3.8) is 0 Å². The SMILES string of the molecule is CC(C)=C(C)[Si](C)(C)O[Si](C)(C)C1=CC=CC1. The van der Waals surface area contributed by atoms with Gasteiger partial charge in [0, 0.05) is 0 Å². The third-order valence-corrected chi connectivity index (χ3v) is 12.0. The van der Waals surface area contributed by atoms with Crippen LogP contribution in [0.1, 0.15) is 27.2 Å². The Balaban J connectivity index is 2.87. The largest absolute Gasteiger partial charge is 0.449 e. The summed E-state index contributed by atoms with van der Waals surface area (Å²) in [6.45, 7) is 15.9. The molecule has 0 aromatic rings. The van der Waals surface area contributed by atoms with Gasteiger partial charge in [-0.2, -0.15) is 0 Å². The number of hydrogen-bond acceptors (Lipinski definition) is 1. The van der Waals surface area contributed by atoms with E-state index >= 15 is 0 Å². The Labute approximate surface area is 109 Å². The van der Waals surface area contributed by atoms with Crippen LogP contribution in [0.4, 0.5) is 0 Å². The van der Waals surface area contributed by atoms with Crippen molar-refractivity contribution in [1.82, 2.24) is 0 Å². The predicted molar refractivity (Wildman–Crippen MR) is 81.9 cm³/mol. The first kappa shape index (κ1) is 14.7. The molecule has 0 saturated heterocycles. The van der Waals surface area contributed by atoms with Crippen molar-refractivity contribution in [2.75, 3.05) is 0 Å². The van der Waals surface area contributed by atoms with Crippen LogP contribution in [0.25, 0.3) is 0 Å². The van der Waals surface area contributed by atoms with Gasteiger partial charge in [-0.05, 0) is 53.4 Å². The van der Waals surface area contributed by atoms with E-state index in [0.29, 0.717) is 0 Å². The quantitative estimate of drug-likeness (QED) is 0.668. The van der Waals surface area contributed by atoms with Gasteiger partial charge in [0.2, 0.25) is 16.6 Å². The third kappa shape index (κ3) is 3.53. The normalized spacial score (nSPS) is 16.1. The molecule has 0 bridgehead atoms. The van der Waals surface area contributed by atoms with Crippen LogP contribution in [0.5, 0.6) is 0 Å². The van der Waals surface area contributed by atoms with Gasteiger partial charge in [-0.1, -0.05) is 34.2 Å². The van der Waals surface area contributed by atoms with E-state index in [0.717, 1.165) is 6.42 Å². The van der Waals surface area contributed by atoms with E-state index in [-0.39, 0.29) is 0 Å². The molecule has 0 saturated carbocycles. The second-order valence-electron chi connectivity index (χ2n) is 6.07. The van der Waals surface area contributed by atoms with Gasteiger partial charge >= 0.3 is 0 Å². The lowest BCUT2D eigenvalue weighted by molar-refractivity contribution is 0.560. The van der Waals surface area contributed by atoms with Crippen molar-refractivity contribution < 1.29 is 4.12 Å². The molecule has 0 unspecified atom stereocenters. The smallest absolute Gasteiger partial charge is 0.202 e. The molecule has 0 aromatic heterocycles. The third-order valence-electron chi connectivity index (χ3n) is 3.71. The summed E-state index contributed by atoms with van der Waals surface area (Å²) in [5.41, 5.74) is 1.42. The Kier molecular flexibility index (Phi) is 4.39. The molecule has 96 valence electrons. The zero-order valence-electron chi connectivity index (χ0n) is 12.3. The summed E-state index contributed by atoms with van der Waals surface area (Å²) in [4.78, 5) is 0. The molecule has 1 rings (SSSR count). The number of rotatable bonds is 4. The maximum absolute atomic E-state index is 6.64. The second-order valence-corrected chi connectivity index (χ2v) is 14.3. The Morgan fingerprint density at radius 1 is 1.12 bits per heavy atom. The van der Waals surface area contributed by atoms with E-state index in [1.54, 1.807) is 0 Å². The fourth-order valence-electron chi connectivity index (χ4n) is 2.28. The zero-order chi connectivity index (χ0) is 13.3. The minimum atomic E-state index is -1.70. The molecule has 0 N–H and O–H groups in total. The van der Waals surface area contributed by atoms with Gasteiger partial charge in [0.1, 0.15) is 0 Å². The Hall–Kier alpha value is -0.386. The molecule has 1 aliphatic rings. The van der Waals surface area contributed by atoms with E-state index in [4.69, 9.17) is 4.12 Å². The molecule has 0 amide bonds. The number of hydrogen-bond donors (Lipinski definition) is 0. The average Bonchev–Trinajstić information content (AvgIpc) is 2.67. The van der Waals surface area contributed by atoms with Crippen LogP contribution >= 0.6 is 0 Å². The molecule has 3 heteroatoms. The van der Waals surface area contributed by atoms with Crippen molar-refractivity contribution in [3.05, 3.63) is 34.2 Å². The van der Waals surface area contributed by atoms with Crippen molar-refractivity contribution in [1.29, 1.82) is 0 Å². The van der Waals surface area contributed by atoms with E-state index in [1.165, 1.54) is 16.0 Å². The molecule has 1 nitrogen and oxygen atoms in total. The molecule has 0 aliphatic heterocycles. The topological polar surface area (TPSA) is 9.23 Å². The molecule has 0 radical (unpaired) electrons. The molecule has 0 spiro atoms. The highest BCUT2D eigenvalue weighted by atomic mass is 28.4. The van der Waals surface area contributed by atoms with Crippen LogP contribution < -0.4 is 0 Å². The summed E-state index contributed by atoms with van der Waals surface area (Å²) in [5, 5.41) is 3.02. The fourth-order valence-corrected chi connectivity index (χ4v) is 10.8. The monoisotopic (exact) mass is 266 g/mol. The van der Waals surface area contributed by atoms with Crippen molar-refractivity contribution in [3.8, 4) is 0 Å². The first-order valence-corrected chi connectivity index (χ1v) is 12.2. The zero-order valence-corrected chi connectivity index (χ0v) is 14.3. The van der Waals surface area contributed by atoms with E-state index in [2.05, 4.69) is 65.2 Å². The van der Waals surface area contributed by atoms with Gasteiger partial charge in [-0.15, -0.1) is 0 Å². The van der Waals surface area contributed by atoms with Crippen LogP contribution in [0.2, 0.25) is 26.2 Å². The van der Waals surface area contributed by atoms with Crippen LogP contribution in [-0.2, 0) is 4.12 Å². The Morgan fingerprint density at radius 2 is 1.71 bits per heavy atom. The van der Waals surface area contributed by atoms with Gasteiger partial charge in [0.25, 0.3) is 0 Å². The minimum Gasteiger partial charge on any atom is -0.449 e. The highest BCUT2D eigenvalue weighted by molar-refractivity contribution is 6.91. The van der Waals surface area contributed by atoms with Crippen LogP contribution in [0.3, 0.4) is 0 Å². The van der Waals surface area contributed by atoms with Crippen LogP contribution in [-0.4, -0.2) is 16.6 Å². The summed E-state index contributed by atoms with van der Waals surface area (Å²) in [7, 11) is -3.39. The minimum absolute atomic E-state index is 1.09. The van der Waals surface area contributed by atoms with Gasteiger partial charge < -0.3 is 4.12 Å². The summed E-state index contributed by atoms with van der Waals surface area (Å²) < 4.78 is 6.64. The molecule has 1 aliphatic carbocycles. The summed E-state index contributed by atoms with van der Waals surface area (Å²) >= 11 is 0. The van der Waals surface area contributed by atoms with Crippen LogP contribution in [0, 0.1) is 0 Å². The maximum atomic E-state index is 6.64. The lowest BCUT2D eigenvalue weighted by Gasteiger charge is -2.36. The van der Waals surface area contributed by atoms with Crippen molar-refractivity contribution in [2.24, 2.45) is 0 Å². The summed E-state index contributed by atoms with van der Waals surface area (Å²) in [6, 6.07) is 0. The number of allylic oxidation sites excluding steroid dienone is 6. The highest BCUT2D eigenvalue weighted by Gasteiger charge is 2.37. The predicted octanol–water partition coefficient (Wildman–Crippen LogP) is 4.73. The van der Waals surface area contributed by atoms with Crippen LogP contribution in [0.15, 0.2) is 34.2 Å². The molecular formula is C14H26OSi2. The Morgan fingerprint density at radius 3 is 2.12 bits per heavy atom. The first-order valence-electron chi connectivity index (χ1n) is 6.38. The summed E-state index contributed by atoms with van der Waals surface area (Å²) in [6.07, 6.45) is 7.75. The first-order chi connectivity index (χ1) is 7.67. The fraction of sp³-hybridized carbons (Fsp3) is 0.571. The standard InChI is InChI=1S/C14H26OSi2/c1-12(2)13(3)16(4,5)15-17(6,7)14-10-8-9-11-14/h8-10H,11H2,1-7H3. The van der Waals surface area contributed by atoms with E-state index in [9.17, 15) is 0 Å². The molecule has 0 heterocycles. The second kappa shape index (κ2) is 5.08. The van der Waals surface area contributed by atoms with Crippen molar-refractivity contribution in [2.45, 2.75) is 53.4 Å². The van der Waals surface area contributed by atoms with E-state index in [1.807, 2.05) is 0 Å². The average molecular weight is 267 g/mol. The molecule has 0 aromatic carbocycles. The lowest BCUT2D eigenvalue weighted by atomic mass is 10.3. The maximum Gasteiger partial charge on any atom is 0.202 e.